The van der Waals surface area contributed by atoms with E-state index in [9.17, 15) is 4.79 Å². The molecule has 0 saturated carbocycles. The third kappa shape index (κ3) is 5.82. The van der Waals surface area contributed by atoms with Gasteiger partial charge in [0.25, 0.3) is 6.47 Å². The third-order valence-electron chi connectivity index (χ3n) is 0.473. The van der Waals surface area contributed by atoms with Crippen LogP contribution in [0.5, 0.6) is 0 Å². The van der Waals surface area contributed by atoms with E-state index in [1.807, 2.05) is 6.26 Å². The van der Waals surface area contributed by atoms with E-state index >= 15 is 0 Å². The zero-order chi connectivity index (χ0) is 5.54. The standard InChI is InChI=1S/C4H8O2S/c1-7-3-2-6-4-5/h4H,2-3H2,1H3. The van der Waals surface area contributed by atoms with Crippen molar-refractivity contribution in [2.24, 2.45) is 0 Å². The molecule has 0 spiro atoms. The first-order valence-electron chi connectivity index (χ1n) is 1.96. The number of ether oxygens (including phenoxy) is 1. The van der Waals surface area contributed by atoms with Crippen LogP contribution in [0, 0.1) is 0 Å². The monoisotopic (exact) mass is 120 g/mol. The Morgan fingerprint density at radius 1 is 1.86 bits per heavy atom. The van der Waals surface area contributed by atoms with Gasteiger partial charge in [0, 0.05) is 5.75 Å². The fraction of sp³-hybridized carbons (Fsp3) is 0.750. The van der Waals surface area contributed by atoms with E-state index in [1.54, 1.807) is 11.8 Å². The molecular weight excluding hydrogens is 112 g/mol. The molecule has 0 aromatic heterocycles. The zero-order valence-corrected chi connectivity index (χ0v) is 5.03. The van der Waals surface area contributed by atoms with Crippen molar-refractivity contribution in [2.45, 2.75) is 0 Å². The van der Waals surface area contributed by atoms with Gasteiger partial charge in [0.05, 0.1) is 0 Å². The molecule has 0 saturated heterocycles. The topological polar surface area (TPSA) is 26.3 Å². The summed E-state index contributed by atoms with van der Waals surface area (Å²) in [7, 11) is 0. The van der Waals surface area contributed by atoms with Crippen LogP contribution in [-0.2, 0) is 9.53 Å². The van der Waals surface area contributed by atoms with Crippen LogP contribution < -0.4 is 0 Å². The van der Waals surface area contributed by atoms with Crippen molar-refractivity contribution in [1.29, 1.82) is 0 Å². The number of carbonyl (C=O) groups excluding carboxylic acids is 1. The third-order valence-corrected chi connectivity index (χ3v) is 1.05. The average molecular weight is 120 g/mol. The molecule has 0 aliphatic rings. The van der Waals surface area contributed by atoms with Crippen molar-refractivity contribution in [3.63, 3.8) is 0 Å². The van der Waals surface area contributed by atoms with Crippen molar-refractivity contribution in [3.8, 4) is 0 Å². The maximum atomic E-state index is 9.45. The van der Waals surface area contributed by atoms with Crippen molar-refractivity contribution in [2.75, 3.05) is 18.6 Å². The normalized spacial score (nSPS) is 8.14. The van der Waals surface area contributed by atoms with Crippen molar-refractivity contribution in [3.05, 3.63) is 0 Å². The number of rotatable bonds is 4. The van der Waals surface area contributed by atoms with Gasteiger partial charge < -0.3 is 4.74 Å². The molecule has 0 aliphatic heterocycles. The van der Waals surface area contributed by atoms with Crippen LogP contribution >= 0.6 is 11.8 Å². The van der Waals surface area contributed by atoms with Gasteiger partial charge in [0.1, 0.15) is 6.61 Å². The molecule has 42 valence electrons. The van der Waals surface area contributed by atoms with Crippen LogP contribution in [-0.4, -0.2) is 25.1 Å². The lowest BCUT2D eigenvalue weighted by Gasteiger charge is -1.90. The highest BCUT2D eigenvalue weighted by molar-refractivity contribution is 7.98. The molecule has 0 rings (SSSR count). The van der Waals surface area contributed by atoms with Gasteiger partial charge in [0.2, 0.25) is 0 Å². The second-order valence-electron chi connectivity index (χ2n) is 0.960. The van der Waals surface area contributed by atoms with Crippen molar-refractivity contribution >= 4 is 18.2 Å². The smallest absolute Gasteiger partial charge is 0.293 e. The number of hydrogen-bond donors (Lipinski definition) is 0. The summed E-state index contributed by atoms with van der Waals surface area (Å²) in [6.45, 7) is 1.00. The number of hydrogen-bond acceptors (Lipinski definition) is 3. The van der Waals surface area contributed by atoms with Crippen LogP contribution in [0.15, 0.2) is 0 Å². The predicted octanol–water partition coefficient (Wildman–Crippen LogP) is 0.522. The molecule has 0 heterocycles. The molecule has 0 atom stereocenters. The summed E-state index contributed by atoms with van der Waals surface area (Å²) in [6, 6.07) is 0. The van der Waals surface area contributed by atoms with Gasteiger partial charge in [-0.3, -0.25) is 4.79 Å². The van der Waals surface area contributed by atoms with Gasteiger partial charge in [0.15, 0.2) is 0 Å². The highest BCUT2D eigenvalue weighted by atomic mass is 32.2. The van der Waals surface area contributed by atoms with Crippen LogP contribution in [0.25, 0.3) is 0 Å². The maximum Gasteiger partial charge on any atom is 0.293 e. The highest BCUT2D eigenvalue weighted by Crippen LogP contribution is 1.88. The predicted molar refractivity (Wildman–Crippen MR) is 30.4 cm³/mol. The lowest BCUT2D eigenvalue weighted by Crippen LogP contribution is -1.92. The van der Waals surface area contributed by atoms with Crippen molar-refractivity contribution < 1.29 is 9.53 Å². The molecule has 3 heteroatoms. The zero-order valence-electron chi connectivity index (χ0n) is 4.22. The van der Waals surface area contributed by atoms with E-state index in [-0.39, 0.29) is 0 Å². The molecular formula is C4H8O2S. The Morgan fingerprint density at radius 2 is 2.57 bits per heavy atom. The molecule has 7 heavy (non-hydrogen) atoms. The second-order valence-corrected chi connectivity index (χ2v) is 1.95. The maximum absolute atomic E-state index is 9.45. The van der Waals surface area contributed by atoms with E-state index in [4.69, 9.17) is 0 Å². The van der Waals surface area contributed by atoms with Crippen LogP contribution in [0.4, 0.5) is 0 Å². The van der Waals surface area contributed by atoms with Crippen LogP contribution in [0.3, 0.4) is 0 Å². The van der Waals surface area contributed by atoms with Gasteiger partial charge in [-0.05, 0) is 6.26 Å². The van der Waals surface area contributed by atoms with E-state index in [0.717, 1.165) is 5.75 Å². The molecule has 0 N–H and O–H groups in total. The minimum atomic E-state index is 0.468. The second kappa shape index (κ2) is 5.82. The first-order valence-corrected chi connectivity index (χ1v) is 3.35. The summed E-state index contributed by atoms with van der Waals surface area (Å²) < 4.78 is 4.37. The first kappa shape index (κ1) is 6.82. The fourth-order valence-electron chi connectivity index (χ4n) is 0.180. The molecule has 0 aromatic carbocycles. The minimum Gasteiger partial charge on any atom is -0.467 e. The molecule has 0 aliphatic carbocycles. The molecule has 0 fully saturated rings. The first-order chi connectivity index (χ1) is 3.41. The summed E-state index contributed by atoms with van der Waals surface area (Å²) in [5, 5.41) is 0. The number of carbonyl (C=O) groups is 1. The lowest BCUT2D eigenvalue weighted by atomic mass is 10.9. The minimum absolute atomic E-state index is 0.468. The molecule has 0 radical (unpaired) electrons. The summed E-state index contributed by atoms with van der Waals surface area (Å²) >= 11 is 1.66. The Hall–Kier alpha value is -0.180. The quantitative estimate of drug-likeness (QED) is 0.399. The fourth-order valence-corrected chi connectivity index (χ4v) is 0.442. The summed E-state index contributed by atoms with van der Waals surface area (Å²) in [4.78, 5) is 9.45. The number of thioether (sulfide) groups is 1. The largest absolute Gasteiger partial charge is 0.467 e. The average Bonchev–Trinajstić information content (AvgIpc) is 1.69. The Kier molecular flexibility index (Phi) is 5.67. The van der Waals surface area contributed by atoms with E-state index in [0.29, 0.717) is 13.1 Å². The lowest BCUT2D eigenvalue weighted by molar-refractivity contribution is -0.128. The summed E-state index contributed by atoms with van der Waals surface area (Å²) in [5.41, 5.74) is 0. The highest BCUT2D eigenvalue weighted by Gasteiger charge is 1.78. The molecule has 0 amide bonds. The van der Waals surface area contributed by atoms with E-state index < -0.39 is 0 Å². The van der Waals surface area contributed by atoms with Gasteiger partial charge in [-0.15, -0.1) is 0 Å². The van der Waals surface area contributed by atoms with Gasteiger partial charge in [-0.2, -0.15) is 11.8 Å². The van der Waals surface area contributed by atoms with Gasteiger partial charge in [-0.25, -0.2) is 0 Å². The van der Waals surface area contributed by atoms with E-state index in [1.165, 1.54) is 0 Å². The van der Waals surface area contributed by atoms with E-state index in [2.05, 4.69) is 4.74 Å². The van der Waals surface area contributed by atoms with Crippen LogP contribution in [0.2, 0.25) is 0 Å². The Labute approximate surface area is 47.2 Å². The summed E-state index contributed by atoms with van der Waals surface area (Å²) in [6.07, 6.45) is 1.97. The van der Waals surface area contributed by atoms with Gasteiger partial charge >= 0.3 is 0 Å². The SMILES string of the molecule is CSCCOC=O. The summed E-state index contributed by atoms with van der Waals surface area (Å²) in [5.74, 6) is 0.888. The Bertz CT molecular complexity index is 47.0. The molecule has 0 bridgehead atoms. The van der Waals surface area contributed by atoms with Crippen LogP contribution in [0.1, 0.15) is 0 Å². The Morgan fingerprint density at radius 3 is 3.00 bits per heavy atom. The van der Waals surface area contributed by atoms with Crippen molar-refractivity contribution in [1.82, 2.24) is 0 Å². The van der Waals surface area contributed by atoms with Gasteiger partial charge in [-0.1, -0.05) is 0 Å². The Balaban J connectivity index is 2.56. The molecule has 0 unspecified atom stereocenters. The molecule has 0 aromatic rings. The molecule has 2 nitrogen and oxygen atoms in total.